The molecule has 0 spiro atoms. The summed E-state index contributed by atoms with van der Waals surface area (Å²) in [6.07, 6.45) is 0. The van der Waals surface area contributed by atoms with Gasteiger partial charge in [0.15, 0.2) is 11.5 Å². The number of methoxy groups -OCH3 is 2. The molecule has 0 N–H and O–H groups in total. The number of aromatic nitrogens is 1. The van der Waals surface area contributed by atoms with Crippen LogP contribution in [0.4, 0.5) is 5.69 Å². The van der Waals surface area contributed by atoms with E-state index in [-0.39, 0.29) is 0 Å². The standard InChI is InChI=1S/C24H29N3O3/c1-17-15-27(19-9-6-5-7-10-19)14-13-26(17)16-21-18(2)30-24(25-21)20-11-8-12-22(28-3)23(20)29-4/h5-12,17H,13-16H2,1-4H3/t17-/m1/s1. The normalized spacial score (nSPS) is 17.2. The van der Waals surface area contributed by atoms with Crippen LogP contribution in [0.1, 0.15) is 18.4 Å². The Kier molecular flexibility index (Phi) is 5.95. The Morgan fingerprint density at radius 2 is 1.83 bits per heavy atom. The topological polar surface area (TPSA) is 51.0 Å². The van der Waals surface area contributed by atoms with Gasteiger partial charge in [-0.25, -0.2) is 4.98 Å². The van der Waals surface area contributed by atoms with Crippen LogP contribution in [0, 0.1) is 6.92 Å². The summed E-state index contributed by atoms with van der Waals surface area (Å²) in [5.74, 6) is 2.71. The van der Waals surface area contributed by atoms with Crippen LogP contribution in [0.2, 0.25) is 0 Å². The van der Waals surface area contributed by atoms with E-state index < -0.39 is 0 Å². The van der Waals surface area contributed by atoms with Crippen molar-refractivity contribution in [3.05, 3.63) is 60.0 Å². The third-order valence-corrected chi connectivity index (χ3v) is 5.77. The lowest BCUT2D eigenvalue weighted by atomic mass is 10.1. The number of benzene rings is 2. The van der Waals surface area contributed by atoms with E-state index in [1.54, 1.807) is 14.2 Å². The van der Waals surface area contributed by atoms with Gasteiger partial charge < -0.3 is 18.8 Å². The monoisotopic (exact) mass is 407 g/mol. The van der Waals surface area contributed by atoms with E-state index in [9.17, 15) is 0 Å². The van der Waals surface area contributed by atoms with E-state index in [2.05, 4.69) is 47.1 Å². The zero-order valence-electron chi connectivity index (χ0n) is 18.1. The first-order valence-electron chi connectivity index (χ1n) is 10.3. The molecule has 1 fully saturated rings. The molecule has 1 aromatic heterocycles. The number of hydrogen-bond donors (Lipinski definition) is 0. The van der Waals surface area contributed by atoms with Crippen molar-refractivity contribution in [2.45, 2.75) is 26.4 Å². The number of aryl methyl sites for hydroxylation is 1. The molecular weight excluding hydrogens is 378 g/mol. The van der Waals surface area contributed by atoms with Crippen molar-refractivity contribution >= 4 is 5.69 Å². The fourth-order valence-corrected chi connectivity index (χ4v) is 4.04. The molecule has 3 aromatic rings. The minimum absolute atomic E-state index is 0.421. The first-order valence-corrected chi connectivity index (χ1v) is 10.3. The lowest BCUT2D eigenvalue weighted by molar-refractivity contribution is 0.178. The number of oxazole rings is 1. The molecule has 0 saturated carbocycles. The third-order valence-electron chi connectivity index (χ3n) is 5.77. The second-order valence-electron chi connectivity index (χ2n) is 7.66. The molecule has 1 aliphatic heterocycles. The molecule has 0 bridgehead atoms. The average Bonchev–Trinajstić information content (AvgIpc) is 3.15. The molecule has 0 unspecified atom stereocenters. The van der Waals surface area contributed by atoms with Gasteiger partial charge in [0.25, 0.3) is 0 Å². The van der Waals surface area contributed by atoms with Gasteiger partial charge in [-0.3, -0.25) is 4.90 Å². The fraction of sp³-hybridized carbons (Fsp3) is 0.375. The Morgan fingerprint density at radius 1 is 1.03 bits per heavy atom. The second kappa shape index (κ2) is 8.79. The molecular formula is C24H29N3O3. The van der Waals surface area contributed by atoms with E-state index in [4.69, 9.17) is 18.9 Å². The van der Waals surface area contributed by atoms with Crippen LogP contribution in [0.5, 0.6) is 11.5 Å². The Morgan fingerprint density at radius 3 is 2.53 bits per heavy atom. The molecule has 6 heteroatoms. The second-order valence-corrected chi connectivity index (χ2v) is 7.66. The highest BCUT2D eigenvalue weighted by atomic mass is 16.5. The van der Waals surface area contributed by atoms with Crippen LogP contribution < -0.4 is 14.4 Å². The molecule has 6 nitrogen and oxygen atoms in total. The van der Waals surface area contributed by atoms with Gasteiger partial charge in [-0.1, -0.05) is 24.3 Å². The molecule has 30 heavy (non-hydrogen) atoms. The number of para-hydroxylation sites is 2. The minimum Gasteiger partial charge on any atom is -0.493 e. The van der Waals surface area contributed by atoms with Crippen LogP contribution in [-0.4, -0.2) is 49.8 Å². The van der Waals surface area contributed by atoms with Gasteiger partial charge in [-0.2, -0.15) is 0 Å². The number of anilines is 1. The predicted molar refractivity (Wildman–Crippen MR) is 118 cm³/mol. The average molecular weight is 408 g/mol. The van der Waals surface area contributed by atoms with Crippen LogP contribution in [0.25, 0.3) is 11.5 Å². The quantitative estimate of drug-likeness (QED) is 0.605. The van der Waals surface area contributed by atoms with Crippen LogP contribution in [-0.2, 0) is 6.54 Å². The van der Waals surface area contributed by atoms with Crippen molar-refractivity contribution in [1.82, 2.24) is 9.88 Å². The van der Waals surface area contributed by atoms with Gasteiger partial charge in [0, 0.05) is 37.9 Å². The SMILES string of the molecule is COc1cccc(-c2nc(CN3CCN(c4ccccc4)C[C@H]3C)c(C)o2)c1OC. The lowest BCUT2D eigenvalue weighted by Crippen LogP contribution is -2.51. The molecule has 2 aromatic carbocycles. The highest BCUT2D eigenvalue weighted by Crippen LogP contribution is 2.38. The predicted octanol–water partition coefficient (Wildman–Crippen LogP) is 4.38. The van der Waals surface area contributed by atoms with Gasteiger partial charge in [-0.15, -0.1) is 0 Å². The number of piperazine rings is 1. The lowest BCUT2D eigenvalue weighted by Gasteiger charge is -2.40. The summed E-state index contributed by atoms with van der Waals surface area (Å²) in [6, 6.07) is 16.8. The van der Waals surface area contributed by atoms with Crippen molar-refractivity contribution in [2.24, 2.45) is 0 Å². The molecule has 1 saturated heterocycles. The van der Waals surface area contributed by atoms with E-state index >= 15 is 0 Å². The highest BCUT2D eigenvalue weighted by molar-refractivity contribution is 5.68. The summed E-state index contributed by atoms with van der Waals surface area (Å²) >= 11 is 0. The first-order chi connectivity index (χ1) is 14.6. The van der Waals surface area contributed by atoms with Crippen molar-refractivity contribution < 1.29 is 13.9 Å². The van der Waals surface area contributed by atoms with Gasteiger partial charge in [0.2, 0.25) is 5.89 Å². The maximum atomic E-state index is 6.03. The van der Waals surface area contributed by atoms with Gasteiger partial charge >= 0.3 is 0 Å². The number of rotatable bonds is 6. The number of nitrogens with zero attached hydrogens (tertiary/aromatic N) is 3. The summed E-state index contributed by atoms with van der Waals surface area (Å²) in [7, 11) is 3.26. The maximum absolute atomic E-state index is 6.03. The molecule has 1 aliphatic rings. The Hall–Kier alpha value is -2.99. The van der Waals surface area contributed by atoms with Gasteiger partial charge in [-0.05, 0) is 38.1 Å². The summed E-state index contributed by atoms with van der Waals surface area (Å²) < 4.78 is 17.0. The Labute approximate surface area is 178 Å². The van der Waals surface area contributed by atoms with E-state index in [0.717, 1.165) is 43.2 Å². The Balaban J connectivity index is 1.50. The largest absolute Gasteiger partial charge is 0.493 e. The zero-order valence-corrected chi connectivity index (χ0v) is 18.1. The fourth-order valence-electron chi connectivity index (χ4n) is 4.04. The van der Waals surface area contributed by atoms with E-state index in [1.807, 2.05) is 25.1 Å². The van der Waals surface area contributed by atoms with Crippen LogP contribution >= 0.6 is 0 Å². The molecule has 0 radical (unpaired) electrons. The van der Waals surface area contributed by atoms with Crippen molar-refractivity contribution in [3.8, 4) is 23.0 Å². The third kappa shape index (κ3) is 4.00. The van der Waals surface area contributed by atoms with Crippen molar-refractivity contribution in [2.75, 3.05) is 38.8 Å². The van der Waals surface area contributed by atoms with Crippen molar-refractivity contribution in [1.29, 1.82) is 0 Å². The van der Waals surface area contributed by atoms with E-state index in [1.165, 1.54) is 5.69 Å². The van der Waals surface area contributed by atoms with Crippen LogP contribution in [0.15, 0.2) is 52.9 Å². The van der Waals surface area contributed by atoms with Crippen LogP contribution in [0.3, 0.4) is 0 Å². The molecule has 4 rings (SSSR count). The van der Waals surface area contributed by atoms with Gasteiger partial charge in [0.1, 0.15) is 5.76 Å². The first kappa shape index (κ1) is 20.3. The zero-order chi connectivity index (χ0) is 21.1. The van der Waals surface area contributed by atoms with Crippen molar-refractivity contribution in [3.63, 3.8) is 0 Å². The Bertz CT molecular complexity index is 987. The highest BCUT2D eigenvalue weighted by Gasteiger charge is 2.26. The number of hydrogen-bond acceptors (Lipinski definition) is 6. The molecule has 2 heterocycles. The molecule has 1 atom stereocenters. The summed E-state index contributed by atoms with van der Waals surface area (Å²) in [5.41, 5.74) is 3.05. The van der Waals surface area contributed by atoms with Gasteiger partial charge in [0.05, 0.1) is 25.5 Å². The van der Waals surface area contributed by atoms with E-state index in [0.29, 0.717) is 23.4 Å². The smallest absolute Gasteiger partial charge is 0.230 e. The molecule has 158 valence electrons. The number of ether oxygens (including phenoxy) is 2. The summed E-state index contributed by atoms with van der Waals surface area (Å²) in [4.78, 5) is 9.73. The minimum atomic E-state index is 0.421. The summed E-state index contributed by atoms with van der Waals surface area (Å²) in [6.45, 7) is 8.00. The maximum Gasteiger partial charge on any atom is 0.230 e. The summed E-state index contributed by atoms with van der Waals surface area (Å²) in [5, 5.41) is 0. The molecule has 0 aliphatic carbocycles. The molecule has 0 amide bonds.